The van der Waals surface area contributed by atoms with Gasteiger partial charge in [-0.15, -0.1) is 0 Å². The summed E-state index contributed by atoms with van der Waals surface area (Å²) in [7, 11) is 0. The number of rotatable bonds is 1. The van der Waals surface area contributed by atoms with E-state index in [-0.39, 0.29) is 5.96 Å². The summed E-state index contributed by atoms with van der Waals surface area (Å²) >= 11 is 0. The van der Waals surface area contributed by atoms with Gasteiger partial charge in [0.2, 0.25) is 0 Å². The summed E-state index contributed by atoms with van der Waals surface area (Å²) in [6, 6.07) is 10.5. The minimum atomic E-state index is -0.833. The summed E-state index contributed by atoms with van der Waals surface area (Å²) < 4.78 is 0. The van der Waals surface area contributed by atoms with Gasteiger partial charge in [0.1, 0.15) is 0 Å². The first kappa shape index (κ1) is 17.4. The Balaban J connectivity index is 0. The lowest BCUT2D eigenvalue weighted by atomic mass is 10.0. The lowest BCUT2D eigenvalue weighted by Crippen LogP contribution is -2.20. The molecule has 5 heteroatoms. The molecule has 0 unspecified atom stereocenters. The minimum Gasteiger partial charge on any atom is -0.481 e. The number of benzene rings is 1. The second kappa shape index (κ2) is 10.5. The van der Waals surface area contributed by atoms with Gasteiger partial charge in [-0.05, 0) is 11.5 Å². The van der Waals surface area contributed by atoms with E-state index in [4.69, 9.17) is 15.3 Å². The molecular formula is C12H21N3O2. The number of hydrogen-bond acceptors (Lipinski definition) is 2. The first-order chi connectivity index (χ1) is 7.77. The molecule has 0 heterocycles. The van der Waals surface area contributed by atoms with Gasteiger partial charge in [0.15, 0.2) is 5.96 Å². The number of nitrogens with two attached hydrogens (primary N) is 2. The molecule has 0 aliphatic heterocycles. The van der Waals surface area contributed by atoms with Gasteiger partial charge in [-0.3, -0.25) is 10.2 Å². The van der Waals surface area contributed by atoms with Crippen molar-refractivity contribution >= 4 is 11.9 Å². The molecule has 0 atom stereocenters. The summed E-state index contributed by atoms with van der Waals surface area (Å²) in [4.78, 5) is 9.00. The fourth-order valence-electron chi connectivity index (χ4n) is 0.838. The molecule has 96 valence electrons. The van der Waals surface area contributed by atoms with Crippen molar-refractivity contribution in [2.45, 2.75) is 26.7 Å². The van der Waals surface area contributed by atoms with Crippen LogP contribution in [0, 0.1) is 5.41 Å². The molecule has 0 bridgehead atoms. The molecular weight excluding hydrogens is 218 g/mol. The summed E-state index contributed by atoms with van der Waals surface area (Å²) in [5.41, 5.74) is 10.4. The van der Waals surface area contributed by atoms with E-state index in [0.29, 0.717) is 5.92 Å². The molecule has 1 aromatic rings. The van der Waals surface area contributed by atoms with E-state index in [0.717, 1.165) is 6.92 Å². The average Bonchev–Trinajstić information content (AvgIpc) is 2.17. The Morgan fingerprint density at radius 1 is 1.24 bits per heavy atom. The summed E-state index contributed by atoms with van der Waals surface area (Å²) in [6.45, 7) is 5.49. The highest BCUT2D eigenvalue weighted by Crippen LogP contribution is 2.11. The lowest BCUT2D eigenvalue weighted by molar-refractivity contribution is -0.134. The van der Waals surface area contributed by atoms with Crippen LogP contribution in [0.3, 0.4) is 0 Å². The van der Waals surface area contributed by atoms with E-state index in [1.54, 1.807) is 0 Å². The molecule has 6 N–H and O–H groups in total. The van der Waals surface area contributed by atoms with Crippen LogP contribution in [-0.4, -0.2) is 17.0 Å². The Morgan fingerprint density at radius 3 is 1.71 bits per heavy atom. The quantitative estimate of drug-likeness (QED) is 0.441. The van der Waals surface area contributed by atoms with Crippen LogP contribution in [-0.2, 0) is 4.79 Å². The molecule has 0 aliphatic carbocycles. The predicted octanol–water partition coefficient (Wildman–Crippen LogP) is 1.74. The molecule has 0 spiro atoms. The van der Waals surface area contributed by atoms with E-state index in [9.17, 15) is 0 Å². The van der Waals surface area contributed by atoms with Gasteiger partial charge < -0.3 is 16.6 Å². The molecule has 0 saturated heterocycles. The number of aliphatic carboxylic acids is 1. The maximum absolute atomic E-state index is 9.00. The summed E-state index contributed by atoms with van der Waals surface area (Å²) in [5, 5.41) is 13.5. The fraction of sp³-hybridized carbons (Fsp3) is 0.333. The largest absolute Gasteiger partial charge is 0.481 e. The number of guanidine groups is 1. The molecule has 0 amide bonds. The fourth-order valence-corrected chi connectivity index (χ4v) is 0.838. The average molecular weight is 239 g/mol. The highest BCUT2D eigenvalue weighted by atomic mass is 16.4. The van der Waals surface area contributed by atoms with Crippen LogP contribution in [0.4, 0.5) is 0 Å². The zero-order valence-electron chi connectivity index (χ0n) is 10.5. The van der Waals surface area contributed by atoms with Crippen LogP contribution < -0.4 is 11.5 Å². The monoisotopic (exact) mass is 239 g/mol. The molecule has 17 heavy (non-hydrogen) atoms. The normalized spacial score (nSPS) is 8.24. The van der Waals surface area contributed by atoms with Gasteiger partial charge in [-0.1, -0.05) is 44.2 Å². The second-order valence-corrected chi connectivity index (χ2v) is 3.54. The topological polar surface area (TPSA) is 113 Å². The Labute approximate surface area is 102 Å². The molecule has 1 aromatic carbocycles. The lowest BCUT2D eigenvalue weighted by Gasteiger charge is -2.01. The van der Waals surface area contributed by atoms with Crippen LogP contribution in [0.5, 0.6) is 0 Å². The van der Waals surface area contributed by atoms with E-state index in [1.165, 1.54) is 5.56 Å². The predicted molar refractivity (Wildman–Crippen MR) is 69.9 cm³/mol. The van der Waals surface area contributed by atoms with Crippen molar-refractivity contribution in [3.63, 3.8) is 0 Å². The molecule has 0 aromatic heterocycles. The minimum absolute atomic E-state index is 0.333. The molecule has 5 nitrogen and oxygen atoms in total. The third-order valence-corrected chi connectivity index (χ3v) is 1.47. The Hall–Kier alpha value is -2.04. The molecule has 0 radical (unpaired) electrons. The highest BCUT2D eigenvalue weighted by molar-refractivity contribution is 5.71. The van der Waals surface area contributed by atoms with Gasteiger partial charge >= 0.3 is 0 Å². The molecule has 0 fully saturated rings. The van der Waals surface area contributed by atoms with Crippen LogP contribution in [0.15, 0.2) is 30.3 Å². The van der Waals surface area contributed by atoms with Crippen molar-refractivity contribution in [3.8, 4) is 0 Å². The van der Waals surface area contributed by atoms with Crippen LogP contribution in [0.2, 0.25) is 0 Å². The van der Waals surface area contributed by atoms with E-state index >= 15 is 0 Å². The second-order valence-electron chi connectivity index (χ2n) is 3.54. The Morgan fingerprint density at radius 2 is 1.53 bits per heavy atom. The van der Waals surface area contributed by atoms with Crippen molar-refractivity contribution in [2.75, 3.05) is 0 Å². The van der Waals surface area contributed by atoms with Crippen LogP contribution in [0.25, 0.3) is 0 Å². The van der Waals surface area contributed by atoms with Crippen molar-refractivity contribution in [3.05, 3.63) is 35.9 Å². The number of carboxylic acid groups (broad SMARTS) is 1. The van der Waals surface area contributed by atoms with Gasteiger partial charge in [0.05, 0.1) is 0 Å². The van der Waals surface area contributed by atoms with Crippen LogP contribution >= 0.6 is 0 Å². The van der Waals surface area contributed by atoms with E-state index in [2.05, 4.69) is 49.6 Å². The number of hydrogen-bond donors (Lipinski definition) is 4. The maximum atomic E-state index is 9.00. The first-order valence-electron chi connectivity index (χ1n) is 5.11. The molecule has 0 aliphatic rings. The van der Waals surface area contributed by atoms with E-state index in [1.807, 2.05) is 6.07 Å². The smallest absolute Gasteiger partial charge is 0.300 e. The standard InChI is InChI=1S/C9H12.C2H4O2.CH5N3/c1-8(2)9-6-4-3-5-7-9;1-2(3)4;2-1(3)4/h3-8H,1-2H3;1H3,(H,3,4);(H5,2,3,4). The zero-order valence-corrected chi connectivity index (χ0v) is 10.5. The number of carbonyl (C=O) groups is 1. The van der Waals surface area contributed by atoms with Gasteiger partial charge in [0.25, 0.3) is 5.97 Å². The van der Waals surface area contributed by atoms with Crippen molar-refractivity contribution in [2.24, 2.45) is 11.5 Å². The van der Waals surface area contributed by atoms with Crippen molar-refractivity contribution < 1.29 is 9.90 Å². The maximum Gasteiger partial charge on any atom is 0.300 e. The van der Waals surface area contributed by atoms with E-state index < -0.39 is 5.97 Å². The first-order valence-corrected chi connectivity index (χ1v) is 5.11. The Kier molecular flexibility index (Phi) is 10.7. The summed E-state index contributed by atoms with van der Waals surface area (Å²) in [5.74, 6) is -0.508. The molecule has 1 rings (SSSR count). The van der Waals surface area contributed by atoms with Crippen molar-refractivity contribution in [1.82, 2.24) is 0 Å². The SMILES string of the molecule is CC(=O)O.CC(C)c1ccccc1.N=C(N)N. The van der Waals surface area contributed by atoms with Crippen LogP contribution in [0.1, 0.15) is 32.3 Å². The molecule has 0 saturated carbocycles. The van der Waals surface area contributed by atoms with Gasteiger partial charge in [-0.2, -0.15) is 0 Å². The number of carboxylic acids is 1. The summed E-state index contributed by atoms with van der Waals surface area (Å²) in [6.07, 6.45) is 0. The van der Waals surface area contributed by atoms with Crippen molar-refractivity contribution in [1.29, 1.82) is 5.41 Å². The zero-order chi connectivity index (χ0) is 13.8. The highest BCUT2D eigenvalue weighted by Gasteiger charge is 1.93. The third-order valence-electron chi connectivity index (χ3n) is 1.47. The third kappa shape index (κ3) is 20.1. The van der Waals surface area contributed by atoms with Gasteiger partial charge in [-0.25, -0.2) is 0 Å². The Bertz CT molecular complexity index is 304. The number of nitrogens with one attached hydrogen (secondary N) is 1. The van der Waals surface area contributed by atoms with Gasteiger partial charge in [0, 0.05) is 6.92 Å².